The third kappa shape index (κ3) is 3.26. The van der Waals surface area contributed by atoms with Crippen molar-refractivity contribution in [3.05, 3.63) is 35.2 Å². The van der Waals surface area contributed by atoms with Crippen LogP contribution in [-0.2, 0) is 11.2 Å². The molecule has 100 valence electrons. The van der Waals surface area contributed by atoms with Crippen LogP contribution >= 0.6 is 11.6 Å². The Hall–Kier alpha value is -2.01. The van der Waals surface area contributed by atoms with Crippen LogP contribution in [0.5, 0.6) is 5.95 Å². The smallest absolute Gasteiger partial charge is 0.313 e. The lowest BCUT2D eigenvalue weighted by atomic mass is 10.2. The Morgan fingerprint density at radius 2 is 2.11 bits per heavy atom. The molecule has 2 rings (SSSR count). The van der Waals surface area contributed by atoms with Crippen LogP contribution in [0.4, 0.5) is 0 Å². The molecule has 2 aromatic rings. The zero-order valence-corrected chi connectivity index (χ0v) is 11.0. The monoisotopic (exact) mass is 281 g/mol. The molecule has 0 saturated heterocycles. The highest BCUT2D eigenvalue weighted by Gasteiger charge is 2.18. The van der Waals surface area contributed by atoms with E-state index in [1.807, 2.05) is 6.92 Å². The molecule has 0 aliphatic heterocycles. The topological polar surface area (TPSA) is 72.6 Å². The van der Waals surface area contributed by atoms with Gasteiger partial charge in [0.15, 0.2) is 5.69 Å². The van der Waals surface area contributed by atoms with Crippen LogP contribution in [-0.4, -0.2) is 22.7 Å². The molecule has 5 nitrogen and oxygen atoms in total. The van der Waals surface area contributed by atoms with Gasteiger partial charge in [-0.25, -0.2) is 4.98 Å². The Kier molecular flexibility index (Phi) is 4.06. The fourth-order valence-corrected chi connectivity index (χ4v) is 1.70. The second-order valence-electron chi connectivity index (χ2n) is 3.75. The van der Waals surface area contributed by atoms with Crippen molar-refractivity contribution in [3.8, 4) is 17.2 Å². The molecular weight excluding hydrogens is 270 g/mol. The zero-order valence-electron chi connectivity index (χ0n) is 10.2. The van der Waals surface area contributed by atoms with Gasteiger partial charge >= 0.3 is 11.9 Å². The number of carboxylic acids is 1. The summed E-state index contributed by atoms with van der Waals surface area (Å²) in [6.45, 7) is 2.22. The van der Waals surface area contributed by atoms with Gasteiger partial charge < -0.3 is 14.3 Å². The number of halogens is 1. The van der Waals surface area contributed by atoms with E-state index in [-0.39, 0.29) is 18.3 Å². The molecule has 0 aliphatic rings. The van der Waals surface area contributed by atoms with Crippen molar-refractivity contribution in [2.45, 2.75) is 13.3 Å². The number of carbonyl (C=O) groups is 1. The average molecular weight is 282 g/mol. The third-order valence-electron chi connectivity index (χ3n) is 2.34. The standard InChI is InChI=1S/C13H12ClNO4/c1-2-18-13-12(8-3-5-9(14)6-4-8)15-10(19-13)7-11(16)17/h3-6H,2,7H2,1H3,(H,16,17). The number of benzene rings is 1. The lowest BCUT2D eigenvalue weighted by Gasteiger charge is -2.01. The van der Waals surface area contributed by atoms with Gasteiger partial charge in [-0.1, -0.05) is 23.7 Å². The van der Waals surface area contributed by atoms with E-state index in [4.69, 9.17) is 25.9 Å². The lowest BCUT2D eigenvalue weighted by Crippen LogP contribution is -1.99. The molecular formula is C13H12ClNO4. The van der Waals surface area contributed by atoms with Crippen molar-refractivity contribution >= 4 is 17.6 Å². The second-order valence-corrected chi connectivity index (χ2v) is 4.19. The molecule has 0 bridgehead atoms. The van der Waals surface area contributed by atoms with Gasteiger partial charge in [0.1, 0.15) is 6.42 Å². The average Bonchev–Trinajstić information content (AvgIpc) is 2.72. The molecule has 19 heavy (non-hydrogen) atoms. The largest absolute Gasteiger partial charge is 0.481 e. The Labute approximate surface area is 114 Å². The van der Waals surface area contributed by atoms with Gasteiger partial charge in [0.25, 0.3) is 0 Å². The molecule has 0 saturated carbocycles. The Morgan fingerprint density at radius 1 is 1.42 bits per heavy atom. The Bertz CT molecular complexity index is 577. The minimum atomic E-state index is -1.01. The summed E-state index contributed by atoms with van der Waals surface area (Å²) in [7, 11) is 0. The summed E-state index contributed by atoms with van der Waals surface area (Å²) in [6.07, 6.45) is -0.284. The van der Waals surface area contributed by atoms with Gasteiger partial charge in [-0.15, -0.1) is 0 Å². The van der Waals surface area contributed by atoms with Crippen molar-refractivity contribution < 1.29 is 19.1 Å². The summed E-state index contributed by atoms with van der Waals surface area (Å²) in [5.41, 5.74) is 1.24. The lowest BCUT2D eigenvalue weighted by molar-refractivity contribution is -0.136. The van der Waals surface area contributed by atoms with E-state index in [9.17, 15) is 4.79 Å². The van der Waals surface area contributed by atoms with Gasteiger partial charge in [-0.2, -0.15) is 0 Å². The van der Waals surface area contributed by atoms with Crippen molar-refractivity contribution in [3.63, 3.8) is 0 Å². The molecule has 1 aromatic carbocycles. The zero-order chi connectivity index (χ0) is 13.8. The maximum atomic E-state index is 10.7. The molecule has 1 N–H and O–H groups in total. The van der Waals surface area contributed by atoms with E-state index < -0.39 is 5.97 Å². The minimum Gasteiger partial charge on any atom is -0.481 e. The van der Waals surface area contributed by atoms with Crippen LogP contribution in [0.15, 0.2) is 28.7 Å². The number of aromatic nitrogens is 1. The highest BCUT2D eigenvalue weighted by atomic mass is 35.5. The molecule has 0 unspecified atom stereocenters. The van der Waals surface area contributed by atoms with Crippen LogP contribution in [0.25, 0.3) is 11.3 Å². The third-order valence-corrected chi connectivity index (χ3v) is 2.59. The number of hydrogen-bond donors (Lipinski definition) is 1. The number of oxazole rings is 1. The first-order valence-corrected chi connectivity index (χ1v) is 6.08. The number of aliphatic carboxylic acids is 1. The predicted molar refractivity (Wildman–Crippen MR) is 69.5 cm³/mol. The molecule has 0 spiro atoms. The summed E-state index contributed by atoms with van der Waals surface area (Å²) in [6, 6.07) is 6.98. The molecule has 1 aromatic heterocycles. The second kappa shape index (κ2) is 5.75. The van der Waals surface area contributed by atoms with E-state index in [0.717, 1.165) is 5.56 Å². The fourth-order valence-electron chi connectivity index (χ4n) is 1.57. The summed E-state index contributed by atoms with van der Waals surface area (Å²) in [4.78, 5) is 14.8. The molecule has 0 fully saturated rings. The molecule has 0 atom stereocenters. The predicted octanol–water partition coefficient (Wildman–Crippen LogP) is 3.02. The van der Waals surface area contributed by atoms with Gasteiger partial charge in [-0.3, -0.25) is 4.79 Å². The Balaban J connectivity index is 2.39. The van der Waals surface area contributed by atoms with E-state index in [2.05, 4.69) is 4.98 Å². The number of hydrogen-bond acceptors (Lipinski definition) is 4. The number of rotatable bonds is 5. The highest BCUT2D eigenvalue weighted by molar-refractivity contribution is 6.30. The quantitative estimate of drug-likeness (QED) is 0.912. The van der Waals surface area contributed by atoms with Crippen molar-refractivity contribution in [1.29, 1.82) is 0 Å². The van der Waals surface area contributed by atoms with Crippen molar-refractivity contribution in [2.24, 2.45) is 0 Å². The van der Waals surface area contributed by atoms with Crippen LogP contribution in [0.1, 0.15) is 12.8 Å². The first kappa shape index (κ1) is 13.4. The summed E-state index contributed by atoms with van der Waals surface area (Å²) in [5.74, 6) is -0.672. The SMILES string of the molecule is CCOc1oc(CC(=O)O)nc1-c1ccc(Cl)cc1. The van der Waals surface area contributed by atoms with Crippen molar-refractivity contribution in [2.75, 3.05) is 6.61 Å². The van der Waals surface area contributed by atoms with E-state index >= 15 is 0 Å². The van der Waals surface area contributed by atoms with Crippen LogP contribution in [0.3, 0.4) is 0 Å². The first-order valence-electron chi connectivity index (χ1n) is 5.70. The molecule has 0 radical (unpaired) electrons. The maximum absolute atomic E-state index is 10.7. The van der Waals surface area contributed by atoms with Gasteiger partial charge in [-0.05, 0) is 19.1 Å². The van der Waals surface area contributed by atoms with E-state index in [0.29, 0.717) is 17.3 Å². The summed E-state index contributed by atoms with van der Waals surface area (Å²) < 4.78 is 10.6. The van der Waals surface area contributed by atoms with Crippen LogP contribution < -0.4 is 4.74 Å². The van der Waals surface area contributed by atoms with E-state index in [1.54, 1.807) is 24.3 Å². The number of nitrogens with zero attached hydrogens (tertiary/aromatic N) is 1. The molecule has 1 heterocycles. The Morgan fingerprint density at radius 3 is 2.68 bits per heavy atom. The van der Waals surface area contributed by atoms with Gasteiger partial charge in [0.2, 0.25) is 5.89 Å². The molecule has 6 heteroatoms. The van der Waals surface area contributed by atoms with Gasteiger partial charge in [0, 0.05) is 10.6 Å². The van der Waals surface area contributed by atoms with Gasteiger partial charge in [0.05, 0.1) is 6.61 Å². The normalized spacial score (nSPS) is 10.4. The minimum absolute atomic E-state index is 0.112. The van der Waals surface area contributed by atoms with Crippen molar-refractivity contribution in [1.82, 2.24) is 4.98 Å². The van der Waals surface area contributed by atoms with E-state index in [1.165, 1.54) is 0 Å². The first-order chi connectivity index (χ1) is 9.10. The molecule has 0 amide bonds. The van der Waals surface area contributed by atoms with Crippen LogP contribution in [0.2, 0.25) is 5.02 Å². The van der Waals surface area contributed by atoms with Crippen LogP contribution in [0, 0.1) is 0 Å². The maximum Gasteiger partial charge on any atom is 0.313 e. The molecule has 0 aliphatic carbocycles. The fraction of sp³-hybridized carbons (Fsp3) is 0.231. The highest BCUT2D eigenvalue weighted by Crippen LogP contribution is 2.31. The summed E-state index contributed by atoms with van der Waals surface area (Å²) >= 11 is 5.82. The number of ether oxygens (including phenoxy) is 1. The number of carboxylic acid groups (broad SMARTS) is 1. The summed E-state index contributed by atoms with van der Waals surface area (Å²) in [5, 5.41) is 9.35.